The highest BCUT2D eigenvalue weighted by Gasteiger charge is 2.23. The van der Waals surface area contributed by atoms with Crippen LogP contribution in [0, 0.1) is 0 Å². The lowest BCUT2D eigenvalue weighted by Crippen LogP contribution is -2.30. The van der Waals surface area contributed by atoms with Gasteiger partial charge in [0.05, 0.1) is 12.8 Å². The van der Waals surface area contributed by atoms with Crippen molar-refractivity contribution in [1.29, 1.82) is 0 Å². The largest absolute Gasteiger partial charge is 0.494 e. The zero-order valence-electron chi connectivity index (χ0n) is 9.97. The molecule has 1 aliphatic heterocycles. The van der Waals surface area contributed by atoms with Gasteiger partial charge in [-0.25, -0.2) is 0 Å². The number of hydrogen-bond donors (Lipinski definition) is 2. The van der Waals surface area contributed by atoms with Crippen LogP contribution in [0.5, 0.6) is 5.75 Å². The van der Waals surface area contributed by atoms with Gasteiger partial charge >= 0.3 is 5.97 Å². The summed E-state index contributed by atoms with van der Waals surface area (Å²) in [6.45, 7) is 0.230. The molecule has 0 radical (unpaired) electrons. The van der Waals surface area contributed by atoms with E-state index in [9.17, 15) is 9.59 Å². The van der Waals surface area contributed by atoms with Crippen LogP contribution < -0.4 is 15.0 Å². The summed E-state index contributed by atoms with van der Waals surface area (Å²) in [6, 6.07) is 5.26. The average molecular weight is 250 g/mol. The molecule has 2 N–H and O–H groups in total. The van der Waals surface area contributed by atoms with Gasteiger partial charge in [0.25, 0.3) is 0 Å². The molecule has 1 aliphatic rings. The van der Waals surface area contributed by atoms with E-state index in [4.69, 9.17) is 9.84 Å². The summed E-state index contributed by atoms with van der Waals surface area (Å²) < 4.78 is 5.18. The van der Waals surface area contributed by atoms with Crippen molar-refractivity contribution < 1.29 is 19.4 Å². The van der Waals surface area contributed by atoms with Crippen LogP contribution in [0.15, 0.2) is 18.2 Å². The molecule has 2 rings (SSSR count). The van der Waals surface area contributed by atoms with Gasteiger partial charge in [0.1, 0.15) is 18.0 Å². The van der Waals surface area contributed by atoms with Gasteiger partial charge in [0.15, 0.2) is 0 Å². The molecule has 1 heterocycles. The lowest BCUT2D eigenvalue weighted by molar-refractivity contribution is -0.135. The minimum atomic E-state index is -0.932. The maximum absolute atomic E-state index is 11.6. The van der Waals surface area contributed by atoms with Gasteiger partial charge < -0.3 is 20.1 Å². The first-order chi connectivity index (χ1) is 8.61. The van der Waals surface area contributed by atoms with E-state index in [-0.39, 0.29) is 18.9 Å². The molecule has 1 aromatic carbocycles. The quantitative estimate of drug-likeness (QED) is 0.834. The smallest absolute Gasteiger partial charge is 0.323 e. The van der Waals surface area contributed by atoms with Crippen molar-refractivity contribution >= 4 is 23.3 Å². The molecule has 0 bridgehead atoms. The number of carboxylic acid groups (broad SMARTS) is 1. The number of hydrogen-bond acceptors (Lipinski definition) is 4. The molecule has 18 heavy (non-hydrogen) atoms. The predicted octanol–water partition coefficient (Wildman–Crippen LogP) is 0.928. The summed E-state index contributed by atoms with van der Waals surface area (Å²) in [6.07, 6.45) is 0.255. The molecule has 0 saturated heterocycles. The van der Waals surface area contributed by atoms with Gasteiger partial charge in [0, 0.05) is 13.0 Å². The first kappa shape index (κ1) is 12.2. The summed E-state index contributed by atoms with van der Waals surface area (Å²) >= 11 is 0. The number of rotatable bonds is 3. The Labute approximate surface area is 104 Å². The molecule has 0 saturated carbocycles. The molecule has 0 aliphatic carbocycles. The Kier molecular flexibility index (Phi) is 3.36. The van der Waals surface area contributed by atoms with Crippen LogP contribution in [-0.2, 0) is 9.59 Å². The number of ether oxygens (including phenoxy) is 1. The topological polar surface area (TPSA) is 78.9 Å². The fourth-order valence-corrected chi connectivity index (χ4v) is 1.97. The molecule has 96 valence electrons. The SMILES string of the molecule is COc1cccc2c1NC(=O)CCN2CC(=O)O. The van der Waals surface area contributed by atoms with Crippen molar-refractivity contribution in [2.75, 3.05) is 30.4 Å². The van der Waals surface area contributed by atoms with E-state index in [0.29, 0.717) is 23.7 Å². The Morgan fingerprint density at radius 1 is 1.56 bits per heavy atom. The van der Waals surface area contributed by atoms with Crippen LogP contribution in [0.3, 0.4) is 0 Å². The molecular formula is C12H14N2O4. The van der Waals surface area contributed by atoms with Crippen molar-refractivity contribution in [1.82, 2.24) is 0 Å². The number of anilines is 2. The summed E-state index contributed by atoms with van der Waals surface area (Å²) in [5.41, 5.74) is 1.20. The zero-order chi connectivity index (χ0) is 13.1. The third kappa shape index (κ3) is 2.37. The fourth-order valence-electron chi connectivity index (χ4n) is 1.97. The second kappa shape index (κ2) is 4.95. The number of nitrogens with zero attached hydrogens (tertiary/aromatic N) is 1. The van der Waals surface area contributed by atoms with E-state index in [0.717, 1.165) is 0 Å². The number of carbonyl (C=O) groups is 2. The van der Waals surface area contributed by atoms with Crippen LogP contribution in [0.4, 0.5) is 11.4 Å². The number of nitrogens with one attached hydrogen (secondary N) is 1. The third-order valence-electron chi connectivity index (χ3n) is 2.76. The van der Waals surface area contributed by atoms with E-state index in [1.54, 1.807) is 23.1 Å². The molecule has 0 fully saturated rings. The Morgan fingerprint density at radius 2 is 2.33 bits per heavy atom. The molecule has 1 amide bonds. The first-order valence-corrected chi connectivity index (χ1v) is 5.55. The first-order valence-electron chi connectivity index (χ1n) is 5.55. The van der Waals surface area contributed by atoms with E-state index < -0.39 is 5.97 Å². The monoisotopic (exact) mass is 250 g/mol. The maximum atomic E-state index is 11.6. The summed E-state index contributed by atoms with van der Waals surface area (Å²) in [5, 5.41) is 11.6. The van der Waals surface area contributed by atoms with Crippen LogP contribution in [0.2, 0.25) is 0 Å². The molecule has 0 aromatic heterocycles. The highest BCUT2D eigenvalue weighted by atomic mass is 16.5. The van der Waals surface area contributed by atoms with E-state index in [2.05, 4.69) is 5.32 Å². The van der Waals surface area contributed by atoms with Gasteiger partial charge in [-0.05, 0) is 12.1 Å². The highest BCUT2D eigenvalue weighted by Crippen LogP contribution is 2.36. The number of methoxy groups -OCH3 is 1. The van der Waals surface area contributed by atoms with E-state index >= 15 is 0 Å². The van der Waals surface area contributed by atoms with Gasteiger partial charge in [-0.2, -0.15) is 0 Å². The lowest BCUT2D eigenvalue weighted by atomic mass is 10.2. The molecule has 6 nitrogen and oxygen atoms in total. The second-order valence-corrected chi connectivity index (χ2v) is 3.97. The van der Waals surface area contributed by atoms with Gasteiger partial charge in [-0.3, -0.25) is 9.59 Å². The molecule has 0 atom stereocenters. The molecule has 0 unspecified atom stereocenters. The third-order valence-corrected chi connectivity index (χ3v) is 2.76. The van der Waals surface area contributed by atoms with Crippen molar-refractivity contribution in [3.63, 3.8) is 0 Å². The van der Waals surface area contributed by atoms with Crippen LogP contribution in [-0.4, -0.2) is 37.2 Å². The number of benzene rings is 1. The van der Waals surface area contributed by atoms with Gasteiger partial charge in [-0.15, -0.1) is 0 Å². The molecule has 0 spiro atoms. The number of aliphatic carboxylic acids is 1. The predicted molar refractivity (Wildman–Crippen MR) is 66.1 cm³/mol. The summed E-state index contributed by atoms with van der Waals surface area (Å²) in [4.78, 5) is 24.1. The van der Waals surface area contributed by atoms with Crippen LogP contribution >= 0.6 is 0 Å². The summed E-state index contributed by atoms with van der Waals surface area (Å²) in [7, 11) is 1.51. The molecule has 1 aromatic rings. The Morgan fingerprint density at radius 3 is 3.00 bits per heavy atom. The molecule has 6 heteroatoms. The number of carbonyl (C=O) groups excluding carboxylic acids is 1. The number of amides is 1. The Hall–Kier alpha value is -2.24. The van der Waals surface area contributed by atoms with Crippen molar-refractivity contribution in [3.05, 3.63) is 18.2 Å². The summed E-state index contributed by atoms with van der Waals surface area (Å²) in [5.74, 6) is -0.551. The van der Waals surface area contributed by atoms with Gasteiger partial charge in [-0.1, -0.05) is 6.07 Å². The number of carboxylic acids is 1. The minimum Gasteiger partial charge on any atom is -0.494 e. The number of para-hydroxylation sites is 1. The van der Waals surface area contributed by atoms with E-state index in [1.807, 2.05) is 0 Å². The zero-order valence-corrected chi connectivity index (χ0v) is 9.97. The molecular weight excluding hydrogens is 236 g/mol. The van der Waals surface area contributed by atoms with Crippen LogP contribution in [0.1, 0.15) is 6.42 Å². The van der Waals surface area contributed by atoms with Crippen molar-refractivity contribution in [2.45, 2.75) is 6.42 Å². The van der Waals surface area contributed by atoms with E-state index in [1.165, 1.54) is 7.11 Å². The highest BCUT2D eigenvalue weighted by molar-refractivity contribution is 5.99. The van der Waals surface area contributed by atoms with Gasteiger partial charge in [0.2, 0.25) is 5.91 Å². The Balaban J connectivity index is 2.45. The minimum absolute atomic E-state index is 0.144. The van der Waals surface area contributed by atoms with Crippen LogP contribution in [0.25, 0.3) is 0 Å². The fraction of sp³-hybridized carbons (Fsp3) is 0.333. The maximum Gasteiger partial charge on any atom is 0.323 e. The standard InChI is InChI=1S/C12H14N2O4/c1-18-9-4-2-3-8-12(9)13-10(15)5-6-14(8)7-11(16)17/h2-4H,5-7H2,1H3,(H,13,15)(H,16,17). The normalized spacial score (nSPS) is 14.5. The Bertz CT molecular complexity index is 487. The lowest BCUT2D eigenvalue weighted by Gasteiger charge is -2.22. The second-order valence-electron chi connectivity index (χ2n) is 3.97. The average Bonchev–Trinajstić information content (AvgIpc) is 2.48. The van der Waals surface area contributed by atoms with Crippen molar-refractivity contribution in [3.8, 4) is 5.75 Å². The van der Waals surface area contributed by atoms with Crippen molar-refractivity contribution in [2.24, 2.45) is 0 Å². The number of fused-ring (bicyclic) bond motifs is 1.